The predicted molar refractivity (Wildman–Crippen MR) is 139 cm³/mol. The number of hydrogen-bond donors (Lipinski definition) is 1. The molecule has 192 valence electrons. The zero-order valence-electron chi connectivity index (χ0n) is 21.4. The summed E-state index contributed by atoms with van der Waals surface area (Å²) in [5, 5.41) is 14.4. The van der Waals surface area contributed by atoms with Crippen molar-refractivity contribution in [3.05, 3.63) is 65.5 Å². The van der Waals surface area contributed by atoms with Gasteiger partial charge >= 0.3 is 0 Å². The molecule has 8 heteroatoms. The molecule has 0 unspecified atom stereocenters. The molecule has 0 radical (unpaired) electrons. The average molecular weight is 495 g/mol. The fourth-order valence-electron chi connectivity index (χ4n) is 4.79. The molecule has 4 rings (SSSR count). The lowest BCUT2D eigenvalue weighted by atomic mass is 9.98. The first kappa shape index (κ1) is 25.8. The Hall–Kier alpha value is -3.29. The van der Waals surface area contributed by atoms with Gasteiger partial charge in [-0.05, 0) is 47.1 Å². The van der Waals surface area contributed by atoms with E-state index in [0.717, 1.165) is 53.6 Å². The van der Waals surface area contributed by atoms with Gasteiger partial charge in [-0.2, -0.15) is 5.21 Å². The van der Waals surface area contributed by atoms with Crippen molar-refractivity contribution < 1.29 is 8.78 Å². The maximum absolute atomic E-state index is 14.2. The zero-order valence-corrected chi connectivity index (χ0v) is 21.4. The van der Waals surface area contributed by atoms with E-state index in [-0.39, 0.29) is 5.70 Å². The fourth-order valence-corrected chi connectivity index (χ4v) is 4.79. The second-order valence-electron chi connectivity index (χ2n) is 9.85. The van der Waals surface area contributed by atoms with E-state index in [1.54, 1.807) is 0 Å². The van der Waals surface area contributed by atoms with E-state index >= 15 is 0 Å². The van der Waals surface area contributed by atoms with Gasteiger partial charge in [-0.15, -0.1) is 10.2 Å². The number of nitrogens with one attached hydrogen (secondary N) is 1. The molecule has 6 nitrogen and oxygen atoms in total. The summed E-state index contributed by atoms with van der Waals surface area (Å²) in [6.07, 6.45) is 2.19. The summed E-state index contributed by atoms with van der Waals surface area (Å²) in [7, 11) is 0. The molecule has 1 aliphatic rings. The van der Waals surface area contributed by atoms with Crippen LogP contribution in [0, 0.1) is 5.92 Å². The molecule has 0 aliphatic carbocycles. The molecular weight excluding hydrogens is 458 g/mol. The number of nitrogens with zero attached hydrogens (tertiary/aromatic N) is 5. The third-order valence-electron chi connectivity index (χ3n) is 6.71. The zero-order chi connectivity index (χ0) is 25.5. The molecule has 1 aliphatic heterocycles. The molecule has 1 N–H and O–H groups in total. The summed E-state index contributed by atoms with van der Waals surface area (Å²) in [6, 6.07) is 16.3. The van der Waals surface area contributed by atoms with Gasteiger partial charge in [-0.3, -0.25) is 0 Å². The van der Waals surface area contributed by atoms with Gasteiger partial charge in [0.05, 0.1) is 6.67 Å². The van der Waals surface area contributed by atoms with Crippen LogP contribution in [-0.4, -0.2) is 50.1 Å². The number of tetrazole rings is 1. The topological polar surface area (TPSA) is 60.9 Å². The quantitative estimate of drug-likeness (QED) is 0.284. The van der Waals surface area contributed by atoms with Crippen molar-refractivity contribution >= 4 is 0 Å². The first-order valence-electron chi connectivity index (χ1n) is 12.9. The number of benzene rings is 2. The number of hydrogen-bond acceptors (Lipinski definition) is 5. The highest BCUT2D eigenvalue weighted by Gasteiger charge is 2.33. The maximum atomic E-state index is 14.2. The molecular formula is C28H36F2N6. The lowest BCUT2D eigenvalue weighted by Gasteiger charge is -2.25. The third kappa shape index (κ3) is 6.09. The minimum Gasteiger partial charge on any atom is -0.351 e. The maximum Gasteiger partial charge on any atom is 0.279 e. The van der Waals surface area contributed by atoms with Crippen LogP contribution in [-0.2, 0) is 6.54 Å². The summed E-state index contributed by atoms with van der Waals surface area (Å²) >= 11 is 0. The van der Waals surface area contributed by atoms with Crippen LogP contribution in [0.1, 0.15) is 58.4 Å². The van der Waals surface area contributed by atoms with Crippen molar-refractivity contribution in [3.8, 4) is 22.5 Å². The number of rotatable bonds is 12. The molecule has 0 fully saturated rings. The molecule has 0 spiro atoms. The Bertz CT molecular complexity index is 1130. The van der Waals surface area contributed by atoms with Crippen molar-refractivity contribution in [1.29, 1.82) is 0 Å². The number of unbranched alkanes of at least 4 members (excludes halogenated alkanes) is 2. The first-order valence-corrected chi connectivity index (χ1v) is 12.9. The van der Waals surface area contributed by atoms with Crippen LogP contribution in [0.3, 0.4) is 0 Å². The highest BCUT2D eigenvalue weighted by Crippen LogP contribution is 2.35. The van der Waals surface area contributed by atoms with Crippen molar-refractivity contribution in [3.63, 3.8) is 0 Å². The Morgan fingerprint density at radius 1 is 0.972 bits per heavy atom. The van der Waals surface area contributed by atoms with Crippen LogP contribution in [0.5, 0.6) is 0 Å². The molecule has 0 saturated heterocycles. The van der Waals surface area contributed by atoms with Crippen molar-refractivity contribution in [1.82, 2.24) is 30.4 Å². The molecule has 0 bridgehead atoms. The normalized spacial score (nSPS) is 14.1. The molecule has 2 heterocycles. The second kappa shape index (κ2) is 12.1. The summed E-state index contributed by atoms with van der Waals surface area (Å²) in [6.45, 7) is 8.25. The molecule has 0 atom stereocenters. The van der Waals surface area contributed by atoms with Crippen LogP contribution >= 0.6 is 0 Å². The van der Waals surface area contributed by atoms with Gasteiger partial charge in [-0.1, -0.05) is 82.1 Å². The number of aromatic nitrogens is 4. The van der Waals surface area contributed by atoms with Crippen molar-refractivity contribution in [2.45, 2.75) is 65.8 Å². The summed E-state index contributed by atoms with van der Waals surface area (Å²) in [5.41, 5.74) is 5.11. The van der Waals surface area contributed by atoms with Gasteiger partial charge in [-0.25, -0.2) is 8.78 Å². The van der Waals surface area contributed by atoms with Gasteiger partial charge in [0.1, 0.15) is 5.70 Å². The van der Waals surface area contributed by atoms with Crippen LogP contribution in [0.2, 0.25) is 0 Å². The molecule has 0 amide bonds. The largest absolute Gasteiger partial charge is 0.351 e. The van der Waals surface area contributed by atoms with E-state index < -0.39 is 6.43 Å². The fraction of sp³-hybridized carbons (Fsp3) is 0.464. The third-order valence-corrected chi connectivity index (χ3v) is 6.71. The van der Waals surface area contributed by atoms with Gasteiger partial charge in [0.15, 0.2) is 0 Å². The molecule has 0 saturated carbocycles. The molecule has 3 aromatic rings. The number of alkyl halides is 2. The second-order valence-corrected chi connectivity index (χ2v) is 9.85. The summed E-state index contributed by atoms with van der Waals surface area (Å²) in [4.78, 5) is 4.06. The Balaban J connectivity index is 1.55. The highest BCUT2D eigenvalue weighted by molar-refractivity contribution is 5.80. The van der Waals surface area contributed by atoms with Crippen LogP contribution in [0.15, 0.2) is 59.9 Å². The first-order chi connectivity index (χ1) is 17.5. The Morgan fingerprint density at radius 3 is 2.36 bits per heavy atom. The van der Waals surface area contributed by atoms with E-state index in [2.05, 4.69) is 70.6 Å². The standard InChI is InChI=1S/C28H36F2N6/c1-4-5-8-17-35-19-36(25(16-11-20(2)3)26(35)27(29)30)18-21-12-14-22(15-13-21)23-9-6-7-10-24(23)28-31-33-34-32-28/h6-7,9-10,12-15,20,27H,4-5,8,11,16-19H2,1-3H3,(H,31,32,33,34). The van der Waals surface area contributed by atoms with Crippen LogP contribution in [0.4, 0.5) is 8.78 Å². The average Bonchev–Trinajstić information content (AvgIpc) is 3.52. The smallest absolute Gasteiger partial charge is 0.279 e. The summed E-state index contributed by atoms with van der Waals surface area (Å²) in [5.74, 6) is 1.01. The van der Waals surface area contributed by atoms with Gasteiger partial charge < -0.3 is 9.80 Å². The van der Waals surface area contributed by atoms with Gasteiger partial charge in [0, 0.05) is 24.4 Å². The lowest BCUT2D eigenvalue weighted by molar-refractivity contribution is 0.137. The minimum absolute atomic E-state index is 0.234. The number of allylic oxidation sites excluding steroid dienone is 2. The van der Waals surface area contributed by atoms with E-state index in [0.29, 0.717) is 37.9 Å². The molecule has 1 aromatic heterocycles. The van der Waals surface area contributed by atoms with Crippen molar-refractivity contribution in [2.75, 3.05) is 13.2 Å². The Labute approximate surface area is 212 Å². The van der Waals surface area contributed by atoms with E-state index in [1.807, 2.05) is 29.2 Å². The number of H-pyrrole nitrogens is 1. The highest BCUT2D eigenvalue weighted by atomic mass is 19.3. The minimum atomic E-state index is -2.46. The SMILES string of the molecule is CCCCCN1CN(Cc2ccc(-c3ccccc3-c3nn[nH]n3)cc2)C(CCC(C)C)=C1C(F)F. The molecule has 36 heavy (non-hydrogen) atoms. The Morgan fingerprint density at radius 2 is 1.72 bits per heavy atom. The Kier molecular flexibility index (Phi) is 8.67. The molecule has 2 aromatic carbocycles. The number of aromatic amines is 1. The van der Waals surface area contributed by atoms with E-state index in [9.17, 15) is 8.78 Å². The number of halogens is 2. The van der Waals surface area contributed by atoms with Crippen LogP contribution < -0.4 is 0 Å². The predicted octanol–water partition coefficient (Wildman–Crippen LogP) is 6.71. The summed E-state index contributed by atoms with van der Waals surface area (Å²) < 4.78 is 28.5. The van der Waals surface area contributed by atoms with Gasteiger partial charge in [0.25, 0.3) is 6.43 Å². The van der Waals surface area contributed by atoms with E-state index in [1.165, 1.54) is 0 Å². The van der Waals surface area contributed by atoms with E-state index in [4.69, 9.17) is 0 Å². The van der Waals surface area contributed by atoms with Gasteiger partial charge in [0.2, 0.25) is 5.82 Å². The van der Waals surface area contributed by atoms with Crippen molar-refractivity contribution in [2.24, 2.45) is 5.92 Å². The van der Waals surface area contributed by atoms with Crippen LogP contribution in [0.25, 0.3) is 22.5 Å². The monoisotopic (exact) mass is 494 g/mol. The lowest BCUT2D eigenvalue weighted by Crippen LogP contribution is -2.29.